The van der Waals surface area contributed by atoms with Crippen molar-refractivity contribution >= 4 is 15.7 Å². The number of nitrogens with zero attached hydrogens (tertiary/aromatic N) is 3. The van der Waals surface area contributed by atoms with E-state index in [9.17, 15) is 18.0 Å². The zero-order valence-corrected chi connectivity index (χ0v) is 14.8. The third-order valence-electron chi connectivity index (χ3n) is 3.62. The van der Waals surface area contributed by atoms with Gasteiger partial charge in [-0.3, -0.25) is 9.36 Å². The average molecular weight is 352 g/mol. The third-order valence-corrected chi connectivity index (χ3v) is 5.01. The van der Waals surface area contributed by atoms with E-state index in [1.165, 1.54) is 14.1 Å². The van der Waals surface area contributed by atoms with Gasteiger partial charge in [0.2, 0.25) is 10.0 Å². The Bertz CT molecular complexity index is 956. The average Bonchev–Trinajstić information content (AvgIpc) is 2.54. The first-order chi connectivity index (χ1) is 11.1. The quantitative estimate of drug-likeness (QED) is 0.792. The van der Waals surface area contributed by atoms with Gasteiger partial charge in [-0.15, -0.1) is 0 Å². The number of aromatic nitrogens is 2. The van der Waals surface area contributed by atoms with Crippen molar-refractivity contribution in [3.63, 3.8) is 0 Å². The van der Waals surface area contributed by atoms with Crippen molar-refractivity contribution in [1.29, 1.82) is 0 Å². The van der Waals surface area contributed by atoms with E-state index in [4.69, 9.17) is 0 Å². The lowest BCUT2D eigenvalue weighted by atomic mass is 10.2. The minimum atomic E-state index is -4.03. The Balaban J connectivity index is 2.26. The smallest absolute Gasteiger partial charge is 0.330 e. The Morgan fingerprint density at radius 3 is 2.21 bits per heavy atom. The maximum Gasteiger partial charge on any atom is 0.330 e. The normalized spacial score (nSPS) is 11.5. The Morgan fingerprint density at radius 1 is 1.08 bits per heavy atom. The topological polar surface area (TPSA) is 93.4 Å². The van der Waals surface area contributed by atoms with Gasteiger partial charge in [-0.2, -0.15) is 0 Å². The molecule has 0 spiro atoms. The molecule has 1 aromatic heterocycles. The van der Waals surface area contributed by atoms with Crippen molar-refractivity contribution in [3.8, 4) is 0 Å². The number of nitrogens with one attached hydrogen (secondary N) is 1. The molecule has 24 heavy (non-hydrogen) atoms. The summed E-state index contributed by atoms with van der Waals surface area (Å²) < 4.78 is 28.9. The van der Waals surface area contributed by atoms with Crippen LogP contribution in [0, 0.1) is 0 Å². The Morgan fingerprint density at radius 2 is 1.67 bits per heavy atom. The predicted molar refractivity (Wildman–Crippen MR) is 91.7 cm³/mol. The van der Waals surface area contributed by atoms with Gasteiger partial charge in [0.05, 0.1) is 0 Å². The van der Waals surface area contributed by atoms with E-state index in [1.54, 1.807) is 12.1 Å². The summed E-state index contributed by atoms with van der Waals surface area (Å²) in [5.74, 6) is 0. The van der Waals surface area contributed by atoms with Crippen LogP contribution in [0.15, 0.2) is 44.9 Å². The van der Waals surface area contributed by atoms with Gasteiger partial charge in [-0.25, -0.2) is 17.9 Å². The van der Waals surface area contributed by atoms with Gasteiger partial charge >= 0.3 is 5.69 Å². The summed E-state index contributed by atoms with van der Waals surface area (Å²) in [5.41, 5.74) is 0.311. The molecule has 0 bridgehead atoms. The number of hydrogen-bond donors (Lipinski definition) is 1. The lowest BCUT2D eigenvalue weighted by Crippen LogP contribution is -2.41. The van der Waals surface area contributed by atoms with Crippen LogP contribution >= 0.6 is 0 Å². The first-order valence-corrected chi connectivity index (χ1v) is 8.64. The summed E-state index contributed by atoms with van der Waals surface area (Å²) in [6.45, 7) is 0.0437. The summed E-state index contributed by atoms with van der Waals surface area (Å²) in [5, 5.41) is 0. The largest absolute Gasteiger partial charge is 0.378 e. The van der Waals surface area contributed by atoms with E-state index in [0.717, 1.165) is 26.6 Å². The zero-order chi connectivity index (χ0) is 18.1. The molecular formula is C15H20N4O4S. The number of benzene rings is 1. The molecular weight excluding hydrogens is 332 g/mol. The SMILES string of the molecule is CN(C)c1ccc(CNS(=O)(=O)c2cn(C)c(=O)n(C)c2=O)cc1. The van der Waals surface area contributed by atoms with Gasteiger partial charge in [0.1, 0.15) is 0 Å². The monoisotopic (exact) mass is 352 g/mol. The minimum absolute atomic E-state index is 0.0437. The highest BCUT2D eigenvalue weighted by atomic mass is 32.2. The molecule has 0 saturated heterocycles. The zero-order valence-electron chi connectivity index (χ0n) is 14.0. The third kappa shape index (κ3) is 3.57. The predicted octanol–water partition coefficient (Wildman–Crippen LogP) is -0.371. The maximum absolute atomic E-state index is 12.4. The van der Waals surface area contributed by atoms with Gasteiger partial charge in [-0.1, -0.05) is 12.1 Å². The van der Waals surface area contributed by atoms with Crippen LogP contribution in [-0.4, -0.2) is 31.6 Å². The van der Waals surface area contributed by atoms with E-state index in [2.05, 4.69) is 4.72 Å². The van der Waals surface area contributed by atoms with Crippen LogP contribution in [0.4, 0.5) is 5.69 Å². The molecule has 9 heteroatoms. The lowest BCUT2D eigenvalue weighted by Gasteiger charge is -2.13. The van der Waals surface area contributed by atoms with Crippen LogP contribution < -0.4 is 20.9 Å². The minimum Gasteiger partial charge on any atom is -0.378 e. The van der Waals surface area contributed by atoms with Gasteiger partial charge in [-0.05, 0) is 17.7 Å². The van der Waals surface area contributed by atoms with Crippen molar-refractivity contribution in [3.05, 3.63) is 56.9 Å². The standard InChI is InChI=1S/C15H20N4O4S/c1-17(2)12-7-5-11(6-8-12)9-16-24(22,23)13-10-18(3)15(21)19(4)14(13)20/h5-8,10,16H,9H2,1-4H3. The van der Waals surface area contributed by atoms with Crippen LogP contribution in [0.25, 0.3) is 0 Å². The molecule has 0 amide bonds. The first-order valence-electron chi connectivity index (χ1n) is 7.16. The Kier molecular flexibility index (Phi) is 4.95. The van der Waals surface area contributed by atoms with E-state index >= 15 is 0 Å². The maximum atomic E-state index is 12.4. The molecule has 1 aromatic carbocycles. The van der Waals surface area contributed by atoms with Crippen molar-refractivity contribution in [1.82, 2.24) is 13.9 Å². The number of aryl methyl sites for hydroxylation is 1. The van der Waals surface area contributed by atoms with E-state index in [1.807, 2.05) is 31.1 Å². The second-order valence-electron chi connectivity index (χ2n) is 5.64. The first kappa shape index (κ1) is 18.0. The summed E-state index contributed by atoms with van der Waals surface area (Å²) in [6, 6.07) is 7.34. The number of sulfonamides is 1. The number of anilines is 1. The molecule has 0 aliphatic carbocycles. The molecule has 8 nitrogen and oxygen atoms in total. The molecule has 0 fully saturated rings. The van der Waals surface area contributed by atoms with Crippen molar-refractivity contribution in [2.75, 3.05) is 19.0 Å². The van der Waals surface area contributed by atoms with E-state index in [-0.39, 0.29) is 6.54 Å². The number of hydrogen-bond acceptors (Lipinski definition) is 5. The molecule has 2 rings (SSSR count). The summed E-state index contributed by atoms with van der Waals surface area (Å²) in [4.78, 5) is 25.2. The van der Waals surface area contributed by atoms with Crippen LogP contribution in [0.2, 0.25) is 0 Å². The fourth-order valence-electron chi connectivity index (χ4n) is 2.13. The van der Waals surface area contributed by atoms with Crippen LogP contribution in [0.1, 0.15) is 5.56 Å². The summed E-state index contributed by atoms with van der Waals surface area (Å²) in [7, 11) is 2.42. The second-order valence-corrected chi connectivity index (χ2v) is 7.37. The van der Waals surface area contributed by atoms with Gasteiger partial charge in [0, 0.05) is 46.6 Å². The Hall–Kier alpha value is -2.39. The van der Waals surface area contributed by atoms with Gasteiger partial charge in [0.15, 0.2) is 4.90 Å². The van der Waals surface area contributed by atoms with Crippen LogP contribution in [0.5, 0.6) is 0 Å². The molecule has 0 radical (unpaired) electrons. The summed E-state index contributed by atoms with van der Waals surface area (Å²) in [6.07, 6.45) is 1.03. The van der Waals surface area contributed by atoms with Crippen LogP contribution in [-0.2, 0) is 30.7 Å². The van der Waals surface area contributed by atoms with Crippen LogP contribution in [0.3, 0.4) is 0 Å². The highest BCUT2D eigenvalue weighted by Crippen LogP contribution is 2.12. The molecule has 0 atom stereocenters. The molecule has 0 unspecified atom stereocenters. The molecule has 0 aliphatic heterocycles. The number of rotatable bonds is 5. The molecule has 1 heterocycles. The molecule has 130 valence electrons. The molecule has 1 N–H and O–H groups in total. The van der Waals surface area contributed by atoms with E-state index < -0.39 is 26.2 Å². The fourth-order valence-corrected chi connectivity index (χ4v) is 3.30. The fraction of sp³-hybridized carbons (Fsp3) is 0.333. The van der Waals surface area contributed by atoms with Crippen molar-refractivity contribution in [2.24, 2.45) is 14.1 Å². The summed E-state index contributed by atoms with van der Waals surface area (Å²) >= 11 is 0. The van der Waals surface area contributed by atoms with E-state index in [0.29, 0.717) is 0 Å². The highest BCUT2D eigenvalue weighted by molar-refractivity contribution is 7.89. The molecule has 0 aliphatic rings. The lowest BCUT2D eigenvalue weighted by molar-refractivity contribution is 0.570. The molecule has 0 saturated carbocycles. The Labute approximate surface area is 140 Å². The van der Waals surface area contributed by atoms with Gasteiger partial charge < -0.3 is 9.47 Å². The molecule has 2 aromatic rings. The van der Waals surface area contributed by atoms with Gasteiger partial charge in [0.25, 0.3) is 5.56 Å². The van der Waals surface area contributed by atoms with Crippen molar-refractivity contribution in [2.45, 2.75) is 11.4 Å². The van der Waals surface area contributed by atoms with Crippen molar-refractivity contribution < 1.29 is 8.42 Å². The highest BCUT2D eigenvalue weighted by Gasteiger charge is 2.21. The second kappa shape index (κ2) is 6.62.